The molecule has 9 aromatic rings. The molecule has 4 aromatic heterocycles. The number of nitrogens with zero attached hydrogens (tertiary/aromatic N) is 5. The third-order valence-electron chi connectivity index (χ3n) is 10.4. The summed E-state index contributed by atoms with van der Waals surface area (Å²) < 4.78 is 47.8. The second-order valence-electron chi connectivity index (χ2n) is 16.7. The Bertz CT molecular complexity index is 3170. The first kappa shape index (κ1) is 36.0. The molecular weight excluding hydrogens is 918 g/mol. The fraction of sp³-hybridized carbons (Fsp3) is 0.226. The fourth-order valence-corrected chi connectivity index (χ4v) is 7.64. The molecule has 0 aliphatic carbocycles. The van der Waals surface area contributed by atoms with Crippen molar-refractivity contribution >= 4 is 32.8 Å². The molecule has 0 aliphatic heterocycles. The van der Waals surface area contributed by atoms with Crippen LogP contribution in [0.5, 0.6) is 11.5 Å². The molecule has 0 aliphatic rings. The summed E-state index contributed by atoms with van der Waals surface area (Å²) in [5.74, 6) is 1.48. The van der Waals surface area contributed by atoms with Crippen LogP contribution in [0.25, 0.3) is 61.3 Å². The molecule has 4 heterocycles. The van der Waals surface area contributed by atoms with E-state index in [0.29, 0.717) is 34.3 Å². The third-order valence-corrected chi connectivity index (χ3v) is 10.4. The van der Waals surface area contributed by atoms with Crippen LogP contribution in [0.1, 0.15) is 70.6 Å². The molecule has 304 valence electrons. The number of pyridine rings is 2. The third kappa shape index (κ3) is 8.18. The molecule has 0 spiro atoms. The van der Waals surface area contributed by atoms with Crippen molar-refractivity contribution in [1.82, 2.24) is 19.1 Å². The standard InChI is InChI=1S/C53H49N5O.Pt/c1-35(2)26-37-12-11-15-42(28-37)56-34-57(48-21-17-41(31-50(48)56)53(5,6)7)51-33-44(23-25-54-51)59-43-18-19-45-46-30-40(39-13-9-8-10-14-39)16-20-47(46)58(49(45)32-43)52-29-38(22-24-55-52)27-36(3)4;/h8-25,28-31,35-36H,26-27H2,1-7H3;/q-2;/i26D2,27D2;. The Morgan fingerprint density at radius 1 is 0.683 bits per heavy atom. The minimum absolute atomic E-state index is 0. The van der Waals surface area contributed by atoms with Crippen LogP contribution in [0.3, 0.4) is 0 Å². The summed E-state index contributed by atoms with van der Waals surface area (Å²) in [6.07, 6.45) is 3.80. The Labute approximate surface area is 373 Å². The quantitative estimate of drug-likeness (QED) is 0.101. The van der Waals surface area contributed by atoms with Gasteiger partial charge in [0.1, 0.15) is 5.82 Å². The van der Waals surface area contributed by atoms with Gasteiger partial charge in [0.15, 0.2) is 0 Å². The second-order valence-corrected chi connectivity index (χ2v) is 16.7. The molecule has 5 aromatic carbocycles. The van der Waals surface area contributed by atoms with E-state index >= 15 is 0 Å². The van der Waals surface area contributed by atoms with Crippen LogP contribution in [0.15, 0.2) is 134 Å². The minimum atomic E-state index is -1.56. The van der Waals surface area contributed by atoms with Crippen LogP contribution in [-0.4, -0.2) is 19.1 Å². The van der Waals surface area contributed by atoms with E-state index < -0.39 is 12.7 Å². The summed E-state index contributed by atoms with van der Waals surface area (Å²) in [5, 5.41) is 1.96. The van der Waals surface area contributed by atoms with Gasteiger partial charge in [0.25, 0.3) is 6.33 Å². The zero-order valence-electron chi connectivity index (χ0n) is 38.8. The number of benzene rings is 5. The molecule has 0 bridgehead atoms. The second kappa shape index (κ2) is 16.7. The van der Waals surface area contributed by atoms with E-state index in [1.54, 1.807) is 24.5 Å². The predicted octanol–water partition coefficient (Wildman–Crippen LogP) is 12.3. The molecule has 0 N–H and O–H groups in total. The Kier molecular flexibility index (Phi) is 10.0. The van der Waals surface area contributed by atoms with Crippen molar-refractivity contribution in [2.75, 3.05) is 0 Å². The number of hydrogen-bond donors (Lipinski definition) is 0. The number of imidazole rings is 1. The van der Waals surface area contributed by atoms with Gasteiger partial charge in [0.05, 0.1) is 22.5 Å². The van der Waals surface area contributed by atoms with Gasteiger partial charge < -0.3 is 9.30 Å². The fourth-order valence-electron chi connectivity index (χ4n) is 7.64. The zero-order valence-corrected chi connectivity index (χ0v) is 37.1. The van der Waals surface area contributed by atoms with E-state index in [1.807, 2.05) is 102 Å². The van der Waals surface area contributed by atoms with Crippen molar-refractivity contribution in [3.8, 4) is 39.9 Å². The monoisotopic (exact) mass is 970 g/mol. The predicted molar refractivity (Wildman–Crippen MR) is 239 cm³/mol. The van der Waals surface area contributed by atoms with E-state index in [0.717, 1.165) is 55.2 Å². The Morgan fingerprint density at radius 2 is 1.42 bits per heavy atom. The average molecular weight is 971 g/mol. The van der Waals surface area contributed by atoms with Gasteiger partial charge in [-0.3, -0.25) is 14.1 Å². The summed E-state index contributed by atoms with van der Waals surface area (Å²) in [6, 6.07) is 46.8. The normalized spacial score (nSPS) is 13.3. The van der Waals surface area contributed by atoms with Gasteiger partial charge in [-0.1, -0.05) is 132 Å². The largest absolute Gasteiger partial charge is 0.522 e. The summed E-state index contributed by atoms with van der Waals surface area (Å²) in [6.45, 7) is 14.1. The molecule has 0 atom stereocenters. The van der Waals surface area contributed by atoms with E-state index in [9.17, 15) is 0 Å². The van der Waals surface area contributed by atoms with Crippen LogP contribution in [0, 0.1) is 30.3 Å². The smallest absolute Gasteiger partial charge is 0.269 e. The minimum Gasteiger partial charge on any atom is -0.522 e. The Morgan fingerprint density at radius 3 is 2.18 bits per heavy atom. The number of aromatic nitrogens is 5. The van der Waals surface area contributed by atoms with Gasteiger partial charge in [-0.05, 0) is 99.8 Å². The molecule has 9 rings (SSSR count). The summed E-state index contributed by atoms with van der Waals surface area (Å²) in [4.78, 5) is 9.52. The van der Waals surface area contributed by atoms with Crippen molar-refractivity contribution in [2.24, 2.45) is 11.8 Å². The molecule has 0 unspecified atom stereocenters. The number of hydrogen-bond acceptors (Lipinski definition) is 3. The van der Waals surface area contributed by atoms with Gasteiger partial charge in [0, 0.05) is 44.0 Å². The summed E-state index contributed by atoms with van der Waals surface area (Å²) >= 11 is 0. The van der Waals surface area contributed by atoms with Crippen molar-refractivity contribution in [3.05, 3.63) is 169 Å². The molecule has 0 saturated carbocycles. The number of rotatable bonds is 10. The summed E-state index contributed by atoms with van der Waals surface area (Å²) in [5.41, 5.74) is 8.56. The van der Waals surface area contributed by atoms with Gasteiger partial charge in [-0.25, -0.2) is 4.98 Å². The molecule has 60 heavy (non-hydrogen) atoms. The zero-order chi connectivity index (χ0) is 44.4. The summed E-state index contributed by atoms with van der Waals surface area (Å²) in [7, 11) is 0. The molecule has 0 fully saturated rings. The van der Waals surface area contributed by atoms with Crippen molar-refractivity contribution in [2.45, 2.75) is 66.6 Å². The van der Waals surface area contributed by atoms with Crippen LogP contribution in [-0.2, 0) is 39.2 Å². The van der Waals surface area contributed by atoms with Gasteiger partial charge in [-0.15, -0.1) is 17.5 Å². The Hall–Kier alpha value is -5.84. The Balaban J connectivity index is 0.00000560. The van der Waals surface area contributed by atoms with Crippen molar-refractivity contribution in [3.63, 3.8) is 0 Å². The van der Waals surface area contributed by atoms with E-state index in [2.05, 4.69) is 87.8 Å². The van der Waals surface area contributed by atoms with E-state index in [4.69, 9.17) is 20.2 Å². The first-order valence-electron chi connectivity index (χ1n) is 22.2. The van der Waals surface area contributed by atoms with E-state index in [-0.39, 0.29) is 38.3 Å². The van der Waals surface area contributed by atoms with Crippen LogP contribution in [0.2, 0.25) is 0 Å². The molecular formula is C53H49N5OPt-2. The van der Waals surface area contributed by atoms with E-state index in [1.165, 1.54) is 0 Å². The SMILES string of the molecule is [2H]C([2H])(c1cccc(-[n+]2[c-]n(-c3[c-]c(Oc4[c-]c5c(cc4)c4cc(-c6ccccc6)ccc4n5-c4cc(C([2H])([2H])C(C)C)ccn4)ccn3)c3ccc(C(C)(C)C)cc32)c1)C(C)C.[Pt]. The average Bonchev–Trinajstić information content (AvgIpc) is 3.82. The van der Waals surface area contributed by atoms with Crippen LogP contribution >= 0.6 is 0 Å². The van der Waals surface area contributed by atoms with Crippen LogP contribution < -0.4 is 9.30 Å². The first-order valence-corrected chi connectivity index (χ1v) is 20.2. The molecule has 7 heteroatoms. The molecule has 0 saturated heterocycles. The van der Waals surface area contributed by atoms with Gasteiger partial charge in [-0.2, -0.15) is 18.2 Å². The maximum absolute atomic E-state index is 8.87. The van der Waals surface area contributed by atoms with Gasteiger partial charge in [0.2, 0.25) is 0 Å². The first-order chi connectivity index (χ1) is 30.0. The maximum Gasteiger partial charge on any atom is 0.269 e. The van der Waals surface area contributed by atoms with Crippen LogP contribution in [0.4, 0.5) is 0 Å². The topological polar surface area (TPSA) is 48.8 Å². The molecule has 0 radical (unpaired) electrons. The number of ether oxygens (including phenoxy) is 1. The van der Waals surface area contributed by atoms with Crippen molar-refractivity contribution < 1.29 is 35.9 Å². The van der Waals surface area contributed by atoms with Crippen molar-refractivity contribution in [1.29, 1.82) is 0 Å². The van der Waals surface area contributed by atoms with Gasteiger partial charge >= 0.3 is 0 Å². The molecule has 0 amide bonds. The number of fused-ring (bicyclic) bond motifs is 4. The maximum atomic E-state index is 8.87. The molecule has 6 nitrogen and oxygen atoms in total.